The van der Waals surface area contributed by atoms with E-state index in [2.05, 4.69) is 0 Å². The molecule has 0 unspecified atom stereocenters. The number of rotatable bonds is 6. The molecule has 0 N–H and O–H groups in total. The molecule has 1 aliphatic carbocycles. The molecule has 2 aromatic rings. The van der Waals surface area contributed by atoms with Crippen molar-refractivity contribution in [1.82, 2.24) is 0 Å². The van der Waals surface area contributed by atoms with Gasteiger partial charge in [-0.3, -0.25) is 0 Å². The Balaban J connectivity index is 1.27. The summed E-state index contributed by atoms with van der Waals surface area (Å²) in [4.78, 5) is 12.1. The van der Waals surface area contributed by atoms with E-state index in [9.17, 15) is 4.39 Å². The Morgan fingerprint density at radius 3 is 2.32 bits per heavy atom. The number of fused-ring (bicyclic) bond motifs is 3. The fourth-order valence-corrected chi connectivity index (χ4v) is 5.22. The first kappa shape index (κ1) is 21.0. The number of halogens is 1. The van der Waals surface area contributed by atoms with Crippen LogP contribution < -0.4 is 0 Å². The van der Waals surface area contributed by atoms with Crippen LogP contribution in [0.4, 0.5) is 4.39 Å². The summed E-state index contributed by atoms with van der Waals surface area (Å²) in [5, 5.41) is 0. The summed E-state index contributed by atoms with van der Waals surface area (Å²) < 4.78 is 31.0. The van der Waals surface area contributed by atoms with Crippen LogP contribution in [0.15, 0.2) is 48.5 Å². The van der Waals surface area contributed by atoms with E-state index in [0.29, 0.717) is 19.1 Å². The van der Waals surface area contributed by atoms with E-state index in [1.54, 1.807) is 19.2 Å². The molecule has 4 fully saturated rings. The van der Waals surface area contributed by atoms with Gasteiger partial charge in [-0.25, -0.2) is 9.28 Å². The van der Waals surface area contributed by atoms with Crippen molar-refractivity contribution < 1.29 is 28.4 Å². The van der Waals surface area contributed by atoms with E-state index < -0.39 is 17.7 Å². The van der Waals surface area contributed by atoms with E-state index in [4.69, 9.17) is 24.0 Å². The lowest BCUT2D eigenvalue weighted by molar-refractivity contribution is -0.558. The Hall–Kier alpha value is -1.83. The molecule has 1 saturated carbocycles. The predicted molar refractivity (Wildman–Crippen MR) is 111 cm³/mol. The van der Waals surface area contributed by atoms with E-state index in [1.165, 1.54) is 18.6 Å². The zero-order valence-electron chi connectivity index (χ0n) is 17.8. The van der Waals surface area contributed by atoms with Crippen LogP contribution in [0.5, 0.6) is 0 Å². The summed E-state index contributed by atoms with van der Waals surface area (Å²) in [7, 11) is 1.68. The number of ether oxygens (including phenoxy) is 3. The fraction of sp³-hybridized carbons (Fsp3) is 0.520. The van der Waals surface area contributed by atoms with Crippen molar-refractivity contribution in [2.75, 3.05) is 7.11 Å². The highest BCUT2D eigenvalue weighted by molar-refractivity contribution is 5.27. The summed E-state index contributed by atoms with van der Waals surface area (Å²) in [6, 6.07) is 14.4. The van der Waals surface area contributed by atoms with Gasteiger partial charge >= 0.3 is 0 Å². The summed E-state index contributed by atoms with van der Waals surface area (Å²) in [6.07, 6.45) is 5.62. The highest BCUT2D eigenvalue weighted by Crippen LogP contribution is 2.55. The molecule has 31 heavy (non-hydrogen) atoms. The molecule has 4 aliphatic rings. The third-order valence-corrected chi connectivity index (χ3v) is 6.97. The molecule has 2 bridgehead atoms. The van der Waals surface area contributed by atoms with Gasteiger partial charge in [-0.2, -0.15) is 4.89 Å². The molecule has 0 amide bonds. The standard InChI is InChI=1S/C25H29FO5/c1-27-23-24-14-3-2-4-20(24)13-15-25(29-23,31-30-24)21-9-5-18(6-10-21)16-28-17-19-7-11-22(26)12-8-19/h5-12,20,23H,2-4,13-17H2,1H3/t20-,23+,24+,25+/m1/s1. The van der Waals surface area contributed by atoms with Crippen molar-refractivity contribution in [3.05, 3.63) is 71.0 Å². The molecule has 166 valence electrons. The summed E-state index contributed by atoms with van der Waals surface area (Å²) in [5.74, 6) is -0.805. The van der Waals surface area contributed by atoms with Crippen molar-refractivity contribution >= 4 is 0 Å². The highest BCUT2D eigenvalue weighted by Gasteiger charge is 2.61. The third-order valence-electron chi connectivity index (χ3n) is 6.97. The first-order valence-corrected chi connectivity index (χ1v) is 11.1. The van der Waals surface area contributed by atoms with Gasteiger partial charge in [0.1, 0.15) is 5.82 Å². The van der Waals surface area contributed by atoms with E-state index in [0.717, 1.165) is 48.8 Å². The Morgan fingerprint density at radius 1 is 0.903 bits per heavy atom. The Morgan fingerprint density at radius 2 is 1.61 bits per heavy atom. The molecule has 3 heterocycles. The Labute approximate surface area is 182 Å². The molecule has 4 atom stereocenters. The lowest BCUT2D eigenvalue weighted by atomic mass is 9.73. The Bertz CT molecular complexity index is 882. The first-order chi connectivity index (χ1) is 15.1. The van der Waals surface area contributed by atoms with Gasteiger partial charge in [0, 0.05) is 19.1 Å². The fourth-order valence-electron chi connectivity index (χ4n) is 5.22. The molecule has 0 radical (unpaired) electrons. The van der Waals surface area contributed by atoms with Gasteiger partial charge in [-0.05, 0) is 48.4 Å². The van der Waals surface area contributed by atoms with Gasteiger partial charge in [0.05, 0.1) is 13.2 Å². The maximum Gasteiger partial charge on any atom is 0.230 e. The van der Waals surface area contributed by atoms with Crippen molar-refractivity contribution in [3.8, 4) is 0 Å². The van der Waals surface area contributed by atoms with E-state index in [-0.39, 0.29) is 5.82 Å². The second-order valence-electron chi connectivity index (χ2n) is 8.86. The SMILES string of the molecule is CO[C@H]1O[C@@]2(c3ccc(COCc4ccc(F)cc4)cc3)CC[C@H]3CCCC[C@]31OO2. The Kier molecular flexibility index (Phi) is 5.84. The predicted octanol–water partition coefficient (Wildman–Crippen LogP) is 5.37. The summed E-state index contributed by atoms with van der Waals surface area (Å²) >= 11 is 0. The molecule has 1 spiro atoms. The van der Waals surface area contributed by atoms with Crippen LogP contribution in [0.1, 0.15) is 55.2 Å². The number of benzene rings is 2. The van der Waals surface area contributed by atoms with Crippen LogP contribution in [0.25, 0.3) is 0 Å². The van der Waals surface area contributed by atoms with Crippen LogP contribution in [0, 0.1) is 11.7 Å². The van der Waals surface area contributed by atoms with Crippen molar-refractivity contribution in [3.63, 3.8) is 0 Å². The van der Waals surface area contributed by atoms with Gasteiger partial charge < -0.3 is 14.2 Å². The average molecular weight is 429 g/mol. The molecule has 0 aromatic heterocycles. The maximum absolute atomic E-state index is 13.0. The number of methoxy groups -OCH3 is 1. The summed E-state index contributed by atoms with van der Waals surface area (Å²) in [6.45, 7) is 0.903. The maximum atomic E-state index is 13.0. The average Bonchev–Trinajstić information content (AvgIpc) is 3.07. The summed E-state index contributed by atoms with van der Waals surface area (Å²) in [5.41, 5.74) is 2.41. The molecule has 5 nitrogen and oxygen atoms in total. The molecule has 6 heteroatoms. The van der Waals surface area contributed by atoms with Crippen LogP contribution >= 0.6 is 0 Å². The van der Waals surface area contributed by atoms with Crippen LogP contribution in [-0.2, 0) is 43.0 Å². The monoisotopic (exact) mass is 428 g/mol. The van der Waals surface area contributed by atoms with E-state index >= 15 is 0 Å². The van der Waals surface area contributed by atoms with E-state index in [1.807, 2.05) is 24.3 Å². The second kappa shape index (κ2) is 8.60. The van der Waals surface area contributed by atoms with Gasteiger partial charge in [-0.15, -0.1) is 0 Å². The van der Waals surface area contributed by atoms with Gasteiger partial charge in [-0.1, -0.05) is 49.2 Å². The molecule has 6 rings (SSSR count). The van der Waals surface area contributed by atoms with Crippen LogP contribution in [0.2, 0.25) is 0 Å². The number of hydrogen-bond donors (Lipinski definition) is 0. The van der Waals surface area contributed by atoms with Crippen LogP contribution in [0.3, 0.4) is 0 Å². The molecule has 3 saturated heterocycles. The molecular weight excluding hydrogens is 399 g/mol. The minimum absolute atomic E-state index is 0.241. The highest BCUT2D eigenvalue weighted by atomic mass is 19.1. The number of hydrogen-bond acceptors (Lipinski definition) is 5. The molecule has 2 aromatic carbocycles. The largest absolute Gasteiger partial charge is 0.372 e. The normalized spacial score (nSPS) is 32.5. The van der Waals surface area contributed by atoms with Crippen molar-refractivity contribution in [2.45, 2.75) is 69.4 Å². The van der Waals surface area contributed by atoms with Crippen LogP contribution in [-0.4, -0.2) is 19.0 Å². The molecule has 3 aliphatic heterocycles. The van der Waals surface area contributed by atoms with Gasteiger partial charge in [0.2, 0.25) is 5.79 Å². The topological polar surface area (TPSA) is 46.2 Å². The quantitative estimate of drug-likeness (QED) is 0.579. The minimum Gasteiger partial charge on any atom is -0.372 e. The zero-order valence-corrected chi connectivity index (χ0v) is 17.8. The second-order valence-corrected chi connectivity index (χ2v) is 8.86. The van der Waals surface area contributed by atoms with Gasteiger partial charge in [0.15, 0.2) is 11.9 Å². The van der Waals surface area contributed by atoms with Crippen molar-refractivity contribution in [1.29, 1.82) is 0 Å². The lowest BCUT2D eigenvalue weighted by Crippen LogP contribution is -2.59. The molecular formula is C25H29FO5. The third kappa shape index (κ3) is 3.92. The first-order valence-electron chi connectivity index (χ1n) is 11.1. The smallest absolute Gasteiger partial charge is 0.230 e. The lowest BCUT2D eigenvalue weighted by Gasteiger charge is -2.49. The zero-order chi connectivity index (χ0) is 21.3. The van der Waals surface area contributed by atoms with Gasteiger partial charge in [0.25, 0.3) is 0 Å². The minimum atomic E-state index is -0.948. The van der Waals surface area contributed by atoms with Crippen molar-refractivity contribution in [2.24, 2.45) is 5.92 Å².